The molecule has 1 aliphatic rings. The molecule has 0 spiro atoms. The normalized spacial score (nSPS) is 21.7. The number of aliphatic carboxylic acids is 1. The molecule has 0 amide bonds. The highest BCUT2D eigenvalue weighted by Gasteiger charge is 2.05. The number of carbonyl (C=O) groups is 1. The van der Waals surface area contributed by atoms with E-state index in [1.807, 2.05) is 19.1 Å². The van der Waals surface area contributed by atoms with Crippen LogP contribution < -0.4 is 0 Å². The highest BCUT2D eigenvalue weighted by molar-refractivity contribution is 5.84. The van der Waals surface area contributed by atoms with Crippen molar-refractivity contribution in [3.63, 3.8) is 0 Å². The van der Waals surface area contributed by atoms with Crippen LogP contribution in [0.4, 0.5) is 4.39 Å². The van der Waals surface area contributed by atoms with Gasteiger partial charge in [0.15, 0.2) is 0 Å². The molecule has 0 saturated carbocycles. The van der Waals surface area contributed by atoms with Crippen molar-refractivity contribution in [2.45, 2.75) is 6.92 Å². The predicted octanol–water partition coefficient (Wildman–Crippen LogP) is 2.61. The lowest BCUT2D eigenvalue weighted by Gasteiger charge is -1.93. The van der Waals surface area contributed by atoms with Crippen LogP contribution in [-0.4, -0.2) is 11.1 Å². The molecule has 0 radical (unpaired) electrons. The second-order valence-corrected chi connectivity index (χ2v) is 3.07. The van der Waals surface area contributed by atoms with Gasteiger partial charge in [0.1, 0.15) is 0 Å². The van der Waals surface area contributed by atoms with Gasteiger partial charge in [-0.25, -0.2) is 4.79 Å². The first-order valence-corrected chi connectivity index (χ1v) is 4.27. The van der Waals surface area contributed by atoms with Gasteiger partial charge in [0, 0.05) is 0 Å². The molecule has 1 unspecified atom stereocenters. The average Bonchev–Trinajstić information content (AvgIpc) is 2.31. The average molecular weight is 194 g/mol. The summed E-state index contributed by atoms with van der Waals surface area (Å²) >= 11 is 0. The number of carboxylic acids is 1. The fourth-order valence-corrected chi connectivity index (χ4v) is 1.03. The highest BCUT2D eigenvalue weighted by atomic mass is 19.1. The van der Waals surface area contributed by atoms with Gasteiger partial charge < -0.3 is 5.11 Å². The predicted molar refractivity (Wildman–Crippen MR) is 52.4 cm³/mol. The van der Waals surface area contributed by atoms with Gasteiger partial charge in [-0.15, -0.1) is 0 Å². The van der Waals surface area contributed by atoms with E-state index in [2.05, 4.69) is 0 Å². The van der Waals surface area contributed by atoms with E-state index in [0.29, 0.717) is 5.57 Å². The SMILES string of the molecule is CC1C=CC=C(/C=C(\F)C(=O)O)C=C1. The molecule has 0 aromatic carbocycles. The van der Waals surface area contributed by atoms with Crippen molar-refractivity contribution in [3.8, 4) is 0 Å². The molecule has 0 bridgehead atoms. The van der Waals surface area contributed by atoms with Crippen LogP contribution in [0.2, 0.25) is 0 Å². The van der Waals surface area contributed by atoms with E-state index in [-0.39, 0.29) is 5.92 Å². The van der Waals surface area contributed by atoms with Gasteiger partial charge in [0.05, 0.1) is 0 Å². The van der Waals surface area contributed by atoms with Crippen molar-refractivity contribution >= 4 is 5.97 Å². The van der Waals surface area contributed by atoms with Crippen LogP contribution >= 0.6 is 0 Å². The van der Waals surface area contributed by atoms with Crippen LogP contribution in [0.3, 0.4) is 0 Å². The van der Waals surface area contributed by atoms with Crippen LogP contribution in [0, 0.1) is 5.92 Å². The van der Waals surface area contributed by atoms with Crippen LogP contribution in [0.15, 0.2) is 47.9 Å². The fraction of sp³-hybridized carbons (Fsp3) is 0.182. The molecule has 2 nitrogen and oxygen atoms in total. The third kappa shape index (κ3) is 3.01. The molecular weight excluding hydrogens is 183 g/mol. The number of allylic oxidation sites excluding steroid dienone is 7. The van der Waals surface area contributed by atoms with E-state index >= 15 is 0 Å². The molecule has 1 atom stereocenters. The Kier molecular flexibility index (Phi) is 3.40. The Morgan fingerprint density at radius 3 is 2.93 bits per heavy atom. The molecule has 0 aromatic heterocycles. The third-order valence-corrected chi connectivity index (χ3v) is 1.79. The maximum absolute atomic E-state index is 12.7. The number of rotatable bonds is 2. The summed E-state index contributed by atoms with van der Waals surface area (Å²) in [5.74, 6) is -2.41. The van der Waals surface area contributed by atoms with E-state index in [4.69, 9.17) is 5.11 Å². The number of halogens is 1. The summed E-state index contributed by atoms with van der Waals surface area (Å²) in [5, 5.41) is 8.32. The Labute approximate surface area is 81.7 Å². The summed E-state index contributed by atoms with van der Waals surface area (Å²) in [6, 6.07) is 0. The van der Waals surface area contributed by atoms with E-state index < -0.39 is 11.8 Å². The molecule has 3 heteroatoms. The van der Waals surface area contributed by atoms with Gasteiger partial charge in [0.2, 0.25) is 5.83 Å². The zero-order chi connectivity index (χ0) is 10.6. The Morgan fingerprint density at radius 2 is 2.29 bits per heavy atom. The maximum atomic E-state index is 12.7. The maximum Gasteiger partial charge on any atom is 0.364 e. The summed E-state index contributed by atoms with van der Waals surface area (Å²) < 4.78 is 12.7. The molecular formula is C11H11FO2. The Morgan fingerprint density at radius 1 is 1.57 bits per heavy atom. The van der Waals surface area contributed by atoms with Gasteiger partial charge in [0.25, 0.3) is 0 Å². The third-order valence-electron chi connectivity index (χ3n) is 1.79. The lowest BCUT2D eigenvalue weighted by molar-refractivity contribution is -0.134. The quantitative estimate of drug-likeness (QED) is 0.686. The van der Waals surface area contributed by atoms with E-state index in [0.717, 1.165) is 6.08 Å². The molecule has 74 valence electrons. The van der Waals surface area contributed by atoms with Crippen LogP contribution in [-0.2, 0) is 4.79 Å². The summed E-state index contributed by atoms with van der Waals surface area (Å²) in [4.78, 5) is 10.2. The lowest BCUT2D eigenvalue weighted by atomic mass is 10.1. The zero-order valence-corrected chi connectivity index (χ0v) is 7.77. The van der Waals surface area contributed by atoms with E-state index in [1.165, 1.54) is 0 Å². The topological polar surface area (TPSA) is 37.3 Å². The first kappa shape index (κ1) is 10.4. The molecule has 1 rings (SSSR count). The van der Waals surface area contributed by atoms with Crippen LogP contribution in [0.1, 0.15) is 6.92 Å². The van der Waals surface area contributed by atoms with Gasteiger partial charge in [-0.2, -0.15) is 4.39 Å². The Bertz CT molecular complexity index is 348. The van der Waals surface area contributed by atoms with Crippen LogP contribution in [0.5, 0.6) is 0 Å². The van der Waals surface area contributed by atoms with Crippen molar-refractivity contribution in [1.82, 2.24) is 0 Å². The van der Waals surface area contributed by atoms with E-state index in [9.17, 15) is 9.18 Å². The summed E-state index contributed by atoms with van der Waals surface area (Å²) in [6.07, 6.45) is 9.97. The van der Waals surface area contributed by atoms with Gasteiger partial charge in [-0.3, -0.25) is 0 Å². The number of carboxylic acid groups (broad SMARTS) is 1. The monoisotopic (exact) mass is 194 g/mol. The second-order valence-electron chi connectivity index (χ2n) is 3.07. The first-order valence-electron chi connectivity index (χ1n) is 4.27. The summed E-state index contributed by atoms with van der Waals surface area (Å²) in [6.45, 7) is 1.99. The smallest absolute Gasteiger partial charge is 0.364 e. The van der Waals surface area contributed by atoms with Crippen molar-refractivity contribution in [1.29, 1.82) is 0 Å². The second kappa shape index (κ2) is 4.56. The van der Waals surface area contributed by atoms with Gasteiger partial charge in [-0.1, -0.05) is 37.3 Å². The Hall–Kier alpha value is -1.64. The summed E-state index contributed by atoms with van der Waals surface area (Å²) in [7, 11) is 0. The molecule has 0 aliphatic heterocycles. The van der Waals surface area contributed by atoms with Crippen molar-refractivity contribution in [3.05, 3.63) is 47.9 Å². The molecule has 14 heavy (non-hydrogen) atoms. The number of hydrogen-bond donors (Lipinski definition) is 1. The molecule has 0 aromatic rings. The molecule has 0 heterocycles. The molecule has 1 N–H and O–H groups in total. The number of hydrogen-bond acceptors (Lipinski definition) is 1. The van der Waals surface area contributed by atoms with Crippen molar-refractivity contribution < 1.29 is 14.3 Å². The van der Waals surface area contributed by atoms with E-state index in [1.54, 1.807) is 18.2 Å². The minimum atomic E-state index is -1.54. The fourth-order valence-electron chi connectivity index (χ4n) is 1.03. The largest absolute Gasteiger partial charge is 0.476 e. The standard InChI is InChI=1S/C11H11FO2/c1-8-3-2-4-9(6-5-8)7-10(12)11(13)14/h2-8H,1H3,(H,13,14)/b10-7-. The summed E-state index contributed by atoms with van der Waals surface area (Å²) in [5.41, 5.74) is 0.547. The molecule has 0 saturated heterocycles. The van der Waals surface area contributed by atoms with Crippen molar-refractivity contribution in [2.75, 3.05) is 0 Å². The van der Waals surface area contributed by atoms with Gasteiger partial charge in [-0.05, 0) is 17.6 Å². The minimum absolute atomic E-state index is 0.282. The van der Waals surface area contributed by atoms with Crippen LogP contribution in [0.25, 0.3) is 0 Å². The lowest BCUT2D eigenvalue weighted by Crippen LogP contribution is -1.94. The van der Waals surface area contributed by atoms with Crippen molar-refractivity contribution in [2.24, 2.45) is 5.92 Å². The Balaban J connectivity index is 2.85. The molecule has 0 fully saturated rings. The molecule has 1 aliphatic carbocycles. The van der Waals surface area contributed by atoms with Gasteiger partial charge >= 0.3 is 5.97 Å². The highest BCUT2D eigenvalue weighted by Crippen LogP contribution is 2.12. The minimum Gasteiger partial charge on any atom is -0.476 e. The zero-order valence-electron chi connectivity index (χ0n) is 7.77. The first-order chi connectivity index (χ1) is 6.59.